The van der Waals surface area contributed by atoms with Gasteiger partial charge in [-0.15, -0.1) is 0 Å². The second-order valence-corrected chi connectivity index (χ2v) is 9.29. The van der Waals surface area contributed by atoms with Crippen LogP contribution in [0.3, 0.4) is 0 Å². The fraction of sp³-hybridized carbons (Fsp3) is 0.560. The van der Waals surface area contributed by atoms with Gasteiger partial charge in [0, 0.05) is 44.2 Å². The van der Waals surface area contributed by atoms with Gasteiger partial charge in [-0.05, 0) is 50.9 Å². The smallest absolute Gasteiger partial charge is 0.340 e. The lowest BCUT2D eigenvalue weighted by molar-refractivity contribution is -0.162. The van der Waals surface area contributed by atoms with E-state index in [0.29, 0.717) is 30.5 Å². The van der Waals surface area contributed by atoms with Crippen molar-refractivity contribution in [1.82, 2.24) is 9.80 Å². The van der Waals surface area contributed by atoms with Crippen LogP contribution in [0.1, 0.15) is 57.1 Å². The molecule has 3 amide bonds. The van der Waals surface area contributed by atoms with E-state index in [1.54, 1.807) is 6.92 Å². The molecule has 0 spiro atoms. The van der Waals surface area contributed by atoms with Crippen molar-refractivity contribution in [2.75, 3.05) is 37.6 Å². The Bertz CT molecular complexity index is 1070. The maximum Gasteiger partial charge on any atom is 0.417 e. The van der Waals surface area contributed by atoms with Gasteiger partial charge in [-0.1, -0.05) is 12.8 Å². The second kappa shape index (κ2) is 11.2. The van der Waals surface area contributed by atoms with Crippen molar-refractivity contribution in [3.8, 4) is 0 Å². The molecule has 0 aromatic heterocycles. The Hall–Kier alpha value is -2.89. The number of rotatable bonds is 8. The molecule has 0 aliphatic carbocycles. The fourth-order valence-electron chi connectivity index (χ4n) is 4.64. The van der Waals surface area contributed by atoms with Crippen molar-refractivity contribution in [2.45, 2.75) is 58.3 Å². The molecule has 6 nitrogen and oxygen atoms in total. The van der Waals surface area contributed by atoms with Gasteiger partial charge in [0.2, 0.25) is 5.91 Å². The third kappa shape index (κ3) is 6.71. The fourth-order valence-corrected chi connectivity index (χ4v) is 4.64. The largest absolute Gasteiger partial charge is 0.417 e. The predicted octanol–water partition coefficient (Wildman–Crippen LogP) is 5.03. The topological polar surface area (TPSA) is 60.9 Å². The maximum atomic E-state index is 13.3. The van der Waals surface area contributed by atoms with Crippen LogP contribution in [-0.4, -0.2) is 60.2 Å². The first-order valence-electron chi connectivity index (χ1n) is 12.1. The van der Waals surface area contributed by atoms with E-state index in [2.05, 4.69) is 4.90 Å². The molecule has 0 bridgehead atoms. The average Bonchev–Trinajstić information content (AvgIpc) is 3.02. The molecule has 1 aromatic rings. The number of piperazine rings is 1. The number of amides is 3. The van der Waals surface area contributed by atoms with Crippen molar-refractivity contribution < 1.29 is 40.7 Å². The second-order valence-electron chi connectivity index (χ2n) is 9.29. The Balaban J connectivity index is 1.55. The Morgan fingerprint density at radius 2 is 1.43 bits per heavy atom. The van der Waals surface area contributed by atoms with Crippen LogP contribution in [0.4, 0.5) is 32.0 Å². The van der Waals surface area contributed by atoms with E-state index >= 15 is 0 Å². The van der Waals surface area contributed by atoms with E-state index < -0.39 is 41.0 Å². The summed E-state index contributed by atoms with van der Waals surface area (Å²) in [5.41, 5.74) is -4.13. The number of anilines is 1. The number of carbonyl (C=O) groups is 3. The number of imide groups is 1. The zero-order valence-corrected chi connectivity index (χ0v) is 20.6. The minimum Gasteiger partial charge on any atom is -0.340 e. The first-order valence-corrected chi connectivity index (χ1v) is 12.1. The molecule has 204 valence electrons. The number of unbranched alkanes of at least 4 members (excludes halogenated alkanes) is 3. The standard InChI is InChI=1S/C25H29F6N3O3/c1-16-19(7-5-3-4-6-10-32-11-13-33(14-12-32)17(2)35)23(37)34(22(16)36)18-8-9-20(24(26,27)28)21(15-18)25(29,30)31/h8-9,15H,3-7,10-14H2,1-2H3. The van der Waals surface area contributed by atoms with Crippen molar-refractivity contribution in [2.24, 2.45) is 0 Å². The summed E-state index contributed by atoms with van der Waals surface area (Å²) in [5.74, 6) is -1.57. The number of alkyl halides is 6. The Labute approximate surface area is 210 Å². The third-order valence-corrected chi connectivity index (χ3v) is 6.78. The number of nitrogens with zero attached hydrogens (tertiary/aromatic N) is 3. The highest BCUT2D eigenvalue weighted by atomic mass is 19.4. The van der Waals surface area contributed by atoms with E-state index in [4.69, 9.17) is 0 Å². The Morgan fingerprint density at radius 1 is 0.838 bits per heavy atom. The monoisotopic (exact) mass is 533 g/mol. The molecule has 2 heterocycles. The number of benzene rings is 1. The molecule has 12 heteroatoms. The summed E-state index contributed by atoms with van der Waals surface area (Å²) in [4.78, 5) is 41.5. The van der Waals surface area contributed by atoms with Crippen LogP contribution in [-0.2, 0) is 26.7 Å². The van der Waals surface area contributed by atoms with Gasteiger partial charge in [0.15, 0.2) is 0 Å². The quantitative estimate of drug-likeness (QED) is 0.267. The van der Waals surface area contributed by atoms with Crippen molar-refractivity contribution in [3.63, 3.8) is 0 Å². The summed E-state index contributed by atoms with van der Waals surface area (Å²) in [6.45, 7) is 6.88. The van der Waals surface area contributed by atoms with Crippen LogP contribution >= 0.6 is 0 Å². The number of hydrogen-bond donors (Lipinski definition) is 0. The third-order valence-electron chi connectivity index (χ3n) is 6.78. The van der Waals surface area contributed by atoms with Crippen LogP contribution in [0.25, 0.3) is 0 Å². The van der Waals surface area contributed by atoms with E-state index in [9.17, 15) is 40.7 Å². The molecule has 3 rings (SSSR count). The highest BCUT2D eigenvalue weighted by Crippen LogP contribution is 2.42. The minimum atomic E-state index is -5.32. The molecule has 0 atom stereocenters. The number of carbonyl (C=O) groups excluding carboxylic acids is 3. The highest BCUT2D eigenvalue weighted by molar-refractivity contribution is 6.32. The zero-order chi connectivity index (χ0) is 27.5. The molecule has 1 fully saturated rings. The first-order chi connectivity index (χ1) is 17.2. The van der Waals surface area contributed by atoms with Crippen LogP contribution in [0.2, 0.25) is 0 Å². The van der Waals surface area contributed by atoms with Gasteiger partial charge in [0.05, 0.1) is 16.8 Å². The molecule has 1 saturated heterocycles. The maximum absolute atomic E-state index is 13.3. The summed E-state index contributed by atoms with van der Waals surface area (Å²) in [7, 11) is 0. The summed E-state index contributed by atoms with van der Waals surface area (Å²) >= 11 is 0. The Kier molecular flexibility index (Phi) is 8.71. The molecular formula is C25H29F6N3O3. The molecule has 0 N–H and O–H groups in total. The Morgan fingerprint density at radius 3 is 2.00 bits per heavy atom. The van der Waals surface area contributed by atoms with Gasteiger partial charge in [-0.25, -0.2) is 4.90 Å². The van der Waals surface area contributed by atoms with Crippen LogP contribution in [0.15, 0.2) is 29.3 Å². The predicted molar refractivity (Wildman–Crippen MR) is 123 cm³/mol. The van der Waals surface area contributed by atoms with Gasteiger partial charge in [-0.2, -0.15) is 26.3 Å². The average molecular weight is 534 g/mol. The lowest BCUT2D eigenvalue weighted by Crippen LogP contribution is -2.48. The van der Waals surface area contributed by atoms with Crippen molar-refractivity contribution in [1.29, 1.82) is 0 Å². The van der Waals surface area contributed by atoms with Gasteiger partial charge in [0.25, 0.3) is 11.8 Å². The van der Waals surface area contributed by atoms with Crippen LogP contribution in [0, 0.1) is 0 Å². The summed E-state index contributed by atoms with van der Waals surface area (Å²) in [5, 5.41) is 0. The van der Waals surface area contributed by atoms with Gasteiger partial charge in [0.1, 0.15) is 0 Å². The molecule has 0 unspecified atom stereocenters. The lowest BCUT2D eigenvalue weighted by Gasteiger charge is -2.34. The zero-order valence-electron chi connectivity index (χ0n) is 20.6. The SMILES string of the molecule is CC(=O)N1CCN(CCCCCCC2=C(C)C(=O)N(c3ccc(C(F)(F)F)c(C(F)(F)F)c3)C2=O)CC1. The lowest BCUT2D eigenvalue weighted by atomic mass is 10.0. The molecular weight excluding hydrogens is 504 g/mol. The van der Waals surface area contributed by atoms with E-state index in [1.165, 1.54) is 6.92 Å². The molecule has 2 aliphatic heterocycles. The summed E-state index contributed by atoms with van der Waals surface area (Å²) in [6.07, 6.45) is -7.18. The van der Waals surface area contributed by atoms with E-state index in [1.807, 2.05) is 4.90 Å². The van der Waals surface area contributed by atoms with E-state index in [0.717, 1.165) is 38.9 Å². The van der Waals surface area contributed by atoms with Gasteiger partial charge < -0.3 is 4.90 Å². The van der Waals surface area contributed by atoms with E-state index in [-0.39, 0.29) is 35.6 Å². The molecule has 0 saturated carbocycles. The number of hydrogen-bond acceptors (Lipinski definition) is 4. The molecule has 0 radical (unpaired) electrons. The van der Waals surface area contributed by atoms with Gasteiger partial charge >= 0.3 is 12.4 Å². The first kappa shape index (κ1) is 28.7. The summed E-state index contributed by atoms with van der Waals surface area (Å²) in [6, 6.07) is 1.15. The van der Waals surface area contributed by atoms with Crippen LogP contribution in [0.5, 0.6) is 0 Å². The van der Waals surface area contributed by atoms with Crippen molar-refractivity contribution >= 4 is 23.4 Å². The molecule has 37 heavy (non-hydrogen) atoms. The highest BCUT2D eigenvalue weighted by Gasteiger charge is 2.44. The molecule has 2 aliphatic rings. The molecule has 1 aromatic carbocycles. The number of halogens is 6. The van der Waals surface area contributed by atoms with Crippen LogP contribution < -0.4 is 4.90 Å². The normalized spacial score (nSPS) is 17.8. The minimum absolute atomic E-state index is 0.0712. The summed E-state index contributed by atoms with van der Waals surface area (Å²) < 4.78 is 79.1. The van der Waals surface area contributed by atoms with Crippen molar-refractivity contribution in [3.05, 3.63) is 40.5 Å². The van der Waals surface area contributed by atoms with Gasteiger partial charge in [-0.3, -0.25) is 19.3 Å².